The number of thioether (sulfide) groups is 1. The molecule has 1 amide bonds. The molecule has 0 saturated heterocycles. The molecule has 1 aromatic heterocycles. The minimum Gasteiger partial charge on any atom is -0.323 e. The number of carbonyl (C=O) groups excluding carboxylic acids is 1. The molecule has 5 nitrogen and oxygen atoms in total. The van der Waals surface area contributed by atoms with Gasteiger partial charge in [0.1, 0.15) is 11.6 Å². The molecule has 0 bridgehead atoms. The Morgan fingerprint density at radius 3 is 2.76 bits per heavy atom. The summed E-state index contributed by atoms with van der Waals surface area (Å²) < 4.78 is 27.3. The van der Waals surface area contributed by atoms with E-state index >= 15 is 0 Å². The first kappa shape index (κ1) is 17.4. The summed E-state index contributed by atoms with van der Waals surface area (Å²) in [4.78, 5) is 16.0. The number of nitrogens with one attached hydrogen (secondary N) is 2. The van der Waals surface area contributed by atoms with Crippen LogP contribution in [0, 0.1) is 11.6 Å². The SMILES string of the molecule is O=C(CSc1n[nH]c(-c2ccccc2F)n1)Nc1ccc(Cl)cc1F. The van der Waals surface area contributed by atoms with Gasteiger partial charge in [0, 0.05) is 5.02 Å². The first-order chi connectivity index (χ1) is 12.0. The van der Waals surface area contributed by atoms with Crippen molar-refractivity contribution in [3.8, 4) is 11.4 Å². The molecule has 0 saturated carbocycles. The average molecular weight is 381 g/mol. The maximum Gasteiger partial charge on any atom is 0.234 e. The molecule has 0 aliphatic carbocycles. The number of halogens is 3. The Labute approximate surface area is 150 Å². The van der Waals surface area contributed by atoms with E-state index in [-0.39, 0.29) is 33.0 Å². The molecule has 0 radical (unpaired) electrons. The first-order valence-electron chi connectivity index (χ1n) is 7.08. The second kappa shape index (κ2) is 7.62. The van der Waals surface area contributed by atoms with Gasteiger partial charge in [-0.25, -0.2) is 13.8 Å². The Kier molecular flexibility index (Phi) is 5.30. The maximum absolute atomic E-state index is 13.7. The van der Waals surface area contributed by atoms with E-state index in [2.05, 4.69) is 20.5 Å². The predicted molar refractivity (Wildman–Crippen MR) is 92.5 cm³/mol. The Bertz CT molecular complexity index is 919. The highest BCUT2D eigenvalue weighted by Crippen LogP contribution is 2.22. The van der Waals surface area contributed by atoms with Crippen LogP contribution in [0.15, 0.2) is 47.6 Å². The molecule has 3 rings (SSSR count). The number of aromatic amines is 1. The van der Waals surface area contributed by atoms with E-state index in [1.807, 2.05) is 0 Å². The first-order valence-corrected chi connectivity index (χ1v) is 8.44. The fourth-order valence-corrected chi connectivity index (χ4v) is 2.75. The van der Waals surface area contributed by atoms with Gasteiger partial charge in [-0.2, -0.15) is 0 Å². The number of nitrogens with zero attached hydrogens (tertiary/aromatic N) is 2. The van der Waals surface area contributed by atoms with Crippen molar-refractivity contribution in [2.75, 3.05) is 11.1 Å². The van der Waals surface area contributed by atoms with E-state index in [1.165, 1.54) is 18.2 Å². The Balaban J connectivity index is 1.60. The smallest absolute Gasteiger partial charge is 0.234 e. The fourth-order valence-electron chi connectivity index (χ4n) is 1.99. The van der Waals surface area contributed by atoms with Gasteiger partial charge in [-0.1, -0.05) is 35.5 Å². The number of hydrogen-bond donors (Lipinski definition) is 2. The van der Waals surface area contributed by atoms with Gasteiger partial charge in [0.25, 0.3) is 0 Å². The van der Waals surface area contributed by atoms with Crippen LogP contribution in [0.4, 0.5) is 14.5 Å². The van der Waals surface area contributed by atoms with Crippen molar-refractivity contribution in [2.45, 2.75) is 5.16 Å². The van der Waals surface area contributed by atoms with E-state index in [4.69, 9.17) is 11.6 Å². The van der Waals surface area contributed by atoms with Crippen LogP contribution in [0.1, 0.15) is 0 Å². The molecule has 0 fully saturated rings. The largest absolute Gasteiger partial charge is 0.323 e. The van der Waals surface area contributed by atoms with Crippen molar-refractivity contribution in [3.63, 3.8) is 0 Å². The molecular weight excluding hydrogens is 370 g/mol. The Hall–Kier alpha value is -2.45. The summed E-state index contributed by atoms with van der Waals surface area (Å²) in [5.74, 6) is -1.23. The van der Waals surface area contributed by atoms with Gasteiger partial charge >= 0.3 is 0 Å². The summed E-state index contributed by atoms with van der Waals surface area (Å²) in [6.07, 6.45) is 0. The highest BCUT2D eigenvalue weighted by atomic mass is 35.5. The highest BCUT2D eigenvalue weighted by Gasteiger charge is 2.12. The number of rotatable bonds is 5. The lowest BCUT2D eigenvalue weighted by molar-refractivity contribution is -0.113. The van der Waals surface area contributed by atoms with Gasteiger partial charge in [-0.15, -0.1) is 5.10 Å². The van der Waals surface area contributed by atoms with Crippen LogP contribution < -0.4 is 5.32 Å². The zero-order chi connectivity index (χ0) is 17.8. The van der Waals surface area contributed by atoms with Crippen molar-refractivity contribution in [1.29, 1.82) is 0 Å². The third kappa shape index (κ3) is 4.34. The number of aromatic nitrogens is 3. The van der Waals surface area contributed by atoms with Crippen LogP contribution in [0.25, 0.3) is 11.4 Å². The van der Waals surface area contributed by atoms with Crippen molar-refractivity contribution in [2.24, 2.45) is 0 Å². The second-order valence-corrected chi connectivity index (χ2v) is 6.29. The average Bonchev–Trinajstić information content (AvgIpc) is 3.05. The molecule has 0 aliphatic rings. The zero-order valence-electron chi connectivity index (χ0n) is 12.6. The van der Waals surface area contributed by atoms with Crippen LogP contribution in [0.5, 0.6) is 0 Å². The van der Waals surface area contributed by atoms with E-state index in [0.29, 0.717) is 0 Å². The fraction of sp³-hybridized carbons (Fsp3) is 0.0625. The van der Waals surface area contributed by atoms with E-state index in [0.717, 1.165) is 17.8 Å². The monoisotopic (exact) mass is 380 g/mol. The van der Waals surface area contributed by atoms with Gasteiger partial charge in [-0.3, -0.25) is 9.89 Å². The quantitative estimate of drug-likeness (QED) is 0.653. The number of anilines is 1. The van der Waals surface area contributed by atoms with Crippen molar-refractivity contribution >= 4 is 35.0 Å². The molecule has 0 aliphatic heterocycles. The summed E-state index contributed by atoms with van der Waals surface area (Å²) in [5.41, 5.74) is 0.326. The molecular formula is C16H11ClF2N4OS. The number of amides is 1. The summed E-state index contributed by atoms with van der Waals surface area (Å²) in [5, 5.41) is 9.51. The Morgan fingerprint density at radius 1 is 1.20 bits per heavy atom. The van der Waals surface area contributed by atoms with Crippen LogP contribution in [-0.2, 0) is 4.79 Å². The summed E-state index contributed by atoms with van der Waals surface area (Å²) in [7, 11) is 0. The third-order valence-corrected chi connectivity index (χ3v) is 4.21. The minimum absolute atomic E-state index is 0.0311. The van der Waals surface area contributed by atoms with Gasteiger partial charge < -0.3 is 5.32 Å². The molecule has 128 valence electrons. The van der Waals surface area contributed by atoms with Crippen molar-refractivity contribution in [3.05, 3.63) is 59.1 Å². The molecule has 0 spiro atoms. The normalized spacial score (nSPS) is 10.7. The molecule has 1 heterocycles. The highest BCUT2D eigenvalue weighted by molar-refractivity contribution is 7.99. The summed E-state index contributed by atoms with van der Waals surface area (Å²) >= 11 is 6.70. The van der Waals surface area contributed by atoms with Gasteiger partial charge in [0.15, 0.2) is 5.82 Å². The number of hydrogen-bond acceptors (Lipinski definition) is 4. The van der Waals surface area contributed by atoms with E-state index < -0.39 is 17.5 Å². The summed E-state index contributed by atoms with van der Waals surface area (Å²) in [6, 6.07) is 10.1. The Morgan fingerprint density at radius 2 is 2.00 bits per heavy atom. The van der Waals surface area contributed by atoms with Crippen LogP contribution >= 0.6 is 23.4 Å². The molecule has 25 heavy (non-hydrogen) atoms. The lowest BCUT2D eigenvalue weighted by Crippen LogP contribution is -2.15. The van der Waals surface area contributed by atoms with Gasteiger partial charge in [0.05, 0.1) is 17.0 Å². The molecule has 2 N–H and O–H groups in total. The standard InChI is InChI=1S/C16H11ClF2N4OS/c17-9-5-6-13(12(19)7-9)20-14(24)8-25-16-21-15(22-23-16)10-3-1-2-4-11(10)18/h1-7H,8H2,(H,20,24)(H,21,22,23). The number of H-pyrrole nitrogens is 1. The predicted octanol–water partition coefficient (Wildman–Crippen LogP) is 4.13. The zero-order valence-corrected chi connectivity index (χ0v) is 14.2. The molecule has 2 aromatic carbocycles. The molecule has 0 atom stereocenters. The van der Waals surface area contributed by atoms with Crippen molar-refractivity contribution < 1.29 is 13.6 Å². The van der Waals surface area contributed by atoms with Gasteiger partial charge in [0.2, 0.25) is 11.1 Å². The lowest BCUT2D eigenvalue weighted by Gasteiger charge is -2.05. The van der Waals surface area contributed by atoms with Crippen molar-refractivity contribution in [1.82, 2.24) is 15.2 Å². The topological polar surface area (TPSA) is 70.7 Å². The molecule has 0 unspecified atom stereocenters. The van der Waals surface area contributed by atoms with Crippen LogP contribution in [-0.4, -0.2) is 26.8 Å². The van der Waals surface area contributed by atoms with E-state index in [1.54, 1.807) is 18.2 Å². The number of benzene rings is 2. The maximum atomic E-state index is 13.7. The van der Waals surface area contributed by atoms with Crippen LogP contribution in [0.2, 0.25) is 5.02 Å². The molecule has 3 aromatic rings. The van der Waals surface area contributed by atoms with Gasteiger partial charge in [-0.05, 0) is 30.3 Å². The second-order valence-electron chi connectivity index (χ2n) is 4.91. The summed E-state index contributed by atoms with van der Waals surface area (Å²) in [6.45, 7) is 0. The minimum atomic E-state index is -0.620. The van der Waals surface area contributed by atoms with E-state index in [9.17, 15) is 13.6 Å². The third-order valence-electron chi connectivity index (χ3n) is 3.13. The number of carbonyl (C=O) groups is 1. The van der Waals surface area contributed by atoms with Crippen LogP contribution in [0.3, 0.4) is 0 Å². The lowest BCUT2D eigenvalue weighted by atomic mass is 10.2. The molecule has 9 heteroatoms.